The molecule has 0 aliphatic rings. The number of fused-ring (bicyclic) bond motifs is 3. The molecule has 0 aliphatic carbocycles. The van der Waals surface area contributed by atoms with Crippen LogP contribution >= 0.6 is 0 Å². The summed E-state index contributed by atoms with van der Waals surface area (Å²) in [6, 6.07) is 5.59. The Bertz CT molecular complexity index is 1200. The van der Waals surface area contributed by atoms with Crippen molar-refractivity contribution < 1.29 is 13.6 Å². The summed E-state index contributed by atoms with van der Waals surface area (Å²) in [4.78, 5) is 25.2. The van der Waals surface area contributed by atoms with Gasteiger partial charge < -0.3 is 18.7 Å². The molecule has 4 aromatic rings. The summed E-state index contributed by atoms with van der Waals surface area (Å²) in [5.41, 5.74) is 1.63. The topological polar surface area (TPSA) is 95.2 Å². The highest BCUT2D eigenvalue weighted by Crippen LogP contribution is 2.28. The van der Waals surface area contributed by atoms with Crippen LogP contribution in [-0.4, -0.2) is 26.3 Å². The van der Waals surface area contributed by atoms with Crippen LogP contribution in [0.15, 0.2) is 44.3 Å². The number of aromatic nitrogens is 3. The van der Waals surface area contributed by atoms with Crippen LogP contribution in [0.5, 0.6) is 0 Å². The number of aryl methyl sites for hydroxylation is 3. The molecule has 0 aromatic carbocycles. The van der Waals surface area contributed by atoms with E-state index in [0.29, 0.717) is 16.5 Å². The molecule has 28 heavy (non-hydrogen) atoms. The molecule has 146 valence electrons. The molecule has 4 aromatic heterocycles. The quantitative estimate of drug-likeness (QED) is 0.553. The molecule has 0 fully saturated rings. The molecule has 1 amide bonds. The zero-order chi connectivity index (χ0) is 19.8. The Hall–Kier alpha value is -3.29. The number of rotatable bonds is 6. The Morgan fingerprint density at radius 2 is 2.21 bits per heavy atom. The number of furan rings is 2. The van der Waals surface area contributed by atoms with Gasteiger partial charge in [0.25, 0.3) is 5.56 Å². The normalized spacial score (nSPS) is 12.7. The Morgan fingerprint density at radius 3 is 2.96 bits per heavy atom. The van der Waals surface area contributed by atoms with Crippen LogP contribution in [0.25, 0.3) is 22.0 Å². The summed E-state index contributed by atoms with van der Waals surface area (Å²) in [6.45, 7) is 3.65. The first-order valence-electron chi connectivity index (χ1n) is 9.20. The third-order valence-corrected chi connectivity index (χ3v) is 4.90. The number of nitrogens with one attached hydrogen (secondary N) is 1. The van der Waals surface area contributed by atoms with E-state index in [9.17, 15) is 9.59 Å². The minimum Gasteiger partial charge on any atom is -0.469 e. The second-order valence-corrected chi connectivity index (χ2v) is 7.09. The first-order valence-corrected chi connectivity index (χ1v) is 9.20. The fraction of sp³-hybridized carbons (Fsp3) is 0.350. The standard InChI is InChI=1S/C20H22N4O4/c1-12(6-7-14-5-4-8-27-14)22-17(25)11-24-20(26)18-15(10-21-24)19-16(23(18)3)9-13(2)28-19/h4-5,8-10,12H,6-7,11H2,1-3H3,(H,22,25). The SMILES string of the molecule is Cc1cc2c(o1)c1cnn(CC(=O)NC(C)CCc3ccco3)c(=O)c1n2C. The van der Waals surface area contributed by atoms with Crippen molar-refractivity contribution in [1.29, 1.82) is 0 Å². The number of carbonyl (C=O) groups excluding carboxylic acids is 1. The second kappa shape index (κ2) is 7.03. The van der Waals surface area contributed by atoms with Crippen molar-refractivity contribution in [1.82, 2.24) is 19.7 Å². The average Bonchev–Trinajstić information content (AvgIpc) is 3.34. The van der Waals surface area contributed by atoms with Crippen molar-refractivity contribution in [2.45, 2.75) is 39.3 Å². The molecule has 0 saturated carbocycles. The molecule has 0 spiro atoms. The molecule has 8 nitrogen and oxygen atoms in total. The Morgan fingerprint density at radius 1 is 1.39 bits per heavy atom. The largest absolute Gasteiger partial charge is 0.469 e. The highest BCUT2D eigenvalue weighted by atomic mass is 16.3. The van der Waals surface area contributed by atoms with Gasteiger partial charge in [0.15, 0.2) is 5.58 Å². The van der Waals surface area contributed by atoms with Crippen LogP contribution in [0.3, 0.4) is 0 Å². The van der Waals surface area contributed by atoms with Crippen LogP contribution in [0.4, 0.5) is 0 Å². The molecular weight excluding hydrogens is 360 g/mol. The third-order valence-electron chi connectivity index (χ3n) is 4.90. The first-order chi connectivity index (χ1) is 13.4. The van der Waals surface area contributed by atoms with Crippen molar-refractivity contribution in [3.8, 4) is 0 Å². The van der Waals surface area contributed by atoms with Gasteiger partial charge in [0.2, 0.25) is 5.91 Å². The summed E-state index contributed by atoms with van der Waals surface area (Å²) >= 11 is 0. The fourth-order valence-corrected chi connectivity index (χ4v) is 3.49. The second-order valence-electron chi connectivity index (χ2n) is 7.09. The molecule has 8 heteroatoms. The Kier molecular flexibility index (Phi) is 4.54. The molecular formula is C20H22N4O4. The van der Waals surface area contributed by atoms with E-state index in [1.807, 2.05) is 39.1 Å². The number of hydrogen-bond acceptors (Lipinski definition) is 5. The molecule has 0 radical (unpaired) electrons. The maximum absolute atomic E-state index is 12.8. The predicted octanol–water partition coefficient (Wildman–Crippen LogP) is 2.52. The summed E-state index contributed by atoms with van der Waals surface area (Å²) < 4.78 is 14.0. The lowest BCUT2D eigenvalue weighted by Gasteiger charge is -2.13. The van der Waals surface area contributed by atoms with Gasteiger partial charge in [0.1, 0.15) is 23.6 Å². The van der Waals surface area contributed by atoms with Crippen LogP contribution in [0.1, 0.15) is 24.9 Å². The van der Waals surface area contributed by atoms with E-state index in [1.165, 1.54) is 4.68 Å². The zero-order valence-corrected chi connectivity index (χ0v) is 16.1. The van der Waals surface area contributed by atoms with E-state index < -0.39 is 0 Å². The molecule has 0 saturated heterocycles. The van der Waals surface area contributed by atoms with Gasteiger partial charge in [-0.05, 0) is 32.4 Å². The molecule has 0 aliphatic heterocycles. The van der Waals surface area contributed by atoms with Crippen LogP contribution < -0.4 is 10.9 Å². The fourth-order valence-electron chi connectivity index (χ4n) is 3.49. The van der Waals surface area contributed by atoms with Crippen LogP contribution in [-0.2, 0) is 24.8 Å². The smallest absolute Gasteiger partial charge is 0.291 e. The Labute approximate surface area is 160 Å². The highest BCUT2D eigenvalue weighted by Gasteiger charge is 2.18. The van der Waals surface area contributed by atoms with Crippen molar-refractivity contribution in [2.24, 2.45) is 7.05 Å². The number of carbonyl (C=O) groups is 1. The van der Waals surface area contributed by atoms with Gasteiger partial charge >= 0.3 is 0 Å². The lowest BCUT2D eigenvalue weighted by atomic mass is 10.1. The van der Waals surface area contributed by atoms with Crippen molar-refractivity contribution in [3.05, 3.63) is 52.5 Å². The first kappa shape index (κ1) is 18.1. The number of amides is 1. The van der Waals surface area contributed by atoms with Gasteiger partial charge in [-0.1, -0.05) is 0 Å². The van der Waals surface area contributed by atoms with E-state index in [1.54, 1.807) is 17.0 Å². The van der Waals surface area contributed by atoms with E-state index in [2.05, 4.69) is 10.4 Å². The predicted molar refractivity (Wildman–Crippen MR) is 104 cm³/mol. The average molecular weight is 382 g/mol. The van der Waals surface area contributed by atoms with E-state index >= 15 is 0 Å². The number of hydrogen-bond donors (Lipinski definition) is 1. The van der Waals surface area contributed by atoms with E-state index in [4.69, 9.17) is 8.83 Å². The highest BCUT2D eigenvalue weighted by molar-refractivity contribution is 6.04. The molecule has 0 bridgehead atoms. The monoisotopic (exact) mass is 382 g/mol. The van der Waals surface area contributed by atoms with Gasteiger partial charge in [-0.15, -0.1) is 0 Å². The summed E-state index contributed by atoms with van der Waals surface area (Å²) in [7, 11) is 1.81. The number of nitrogens with zero attached hydrogens (tertiary/aromatic N) is 3. The van der Waals surface area contributed by atoms with Gasteiger partial charge in [0.05, 0.1) is 23.4 Å². The molecule has 1 N–H and O–H groups in total. The van der Waals surface area contributed by atoms with Crippen molar-refractivity contribution in [2.75, 3.05) is 0 Å². The van der Waals surface area contributed by atoms with Gasteiger partial charge in [-0.3, -0.25) is 9.59 Å². The van der Waals surface area contributed by atoms with E-state index in [-0.39, 0.29) is 24.1 Å². The van der Waals surface area contributed by atoms with Gasteiger partial charge in [-0.2, -0.15) is 5.10 Å². The maximum atomic E-state index is 12.8. The summed E-state index contributed by atoms with van der Waals surface area (Å²) in [5, 5.41) is 7.72. The van der Waals surface area contributed by atoms with Gasteiger partial charge in [0, 0.05) is 25.6 Å². The lowest BCUT2D eigenvalue weighted by molar-refractivity contribution is -0.122. The summed E-state index contributed by atoms with van der Waals surface area (Å²) in [5.74, 6) is 1.40. The van der Waals surface area contributed by atoms with Crippen molar-refractivity contribution >= 4 is 27.9 Å². The zero-order valence-electron chi connectivity index (χ0n) is 16.1. The minimum atomic E-state index is -0.317. The minimum absolute atomic E-state index is 0.0441. The maximum Gasteiger partial charge on any atom is 0.291 e. The van der Waals surface area contributed by atoms with Crippen LogP contribution in [0, 0.1) is 6.92 Å². The van der Waals surface area contributed by atoms with E-state index in [0.717, 1.165) is 29.9 Å². The van der Waals surface area contributed by atoms with Crippen molar-refractivity contribution in [3.63, 3.8) is 0 Å². The summed E-state index contributed by atoms with van der Waals surface area (Å²) in [6.07, 6.45) is 4.69. The molecule has 1 unspecified atom stereocenters. The molecule has 1 atom stereocenters. The molecule has 4 heterocycles. The third kappa shape index (κ3) is 3.21. The molecule has 4 rings (SSSR count). The lowest BCUT2D eigenvalue weighted by Crippen LogP contribution is -2.38. The Balaban J connectivity index is 1.49. The van der Waals surface area contributed by atoms with Gasteiger partial charge in [-0.25, -0.2) is 4.68 Å². The van der Waals surface area contributed by atoms with Crippen LogP contribution in [0.2, 0.25) is 0 Å².